The van der Waals surface area contributed by atoms with E-state index in [1.807, 2.05) is 0 Å². The molecule has 1 N–H and O–H groups in total. The maximum absolute atomic E-state index is 11.0. The minimum Gasteiger partial charge on any atom is -0.547 e. The fourth-order valence-corrected chi connectivity index (χ4v) is 1.65. The minimum absolute atomic E-state index is 0. The Bertz CT molecular complexity index is 329. The second-order valence-corrected chi connectivity index (χ2v) is 3.09. The number of amides is 1. The third-order valence-corrected chi connectivity index (χ3v) is 2.28. The van der Waals surface area contributed by atoms with E-state index >= 15 is 0 Å². The van der Waals surface area contributed by atoms with E-state index in [4.69, 9.17) is 9.84 Å². The smallest absolute Gasteiger partial charge is 0.547 e. The standard InChI is InChI=1S/C8H9NO5.K/c10-2-1-4-7(8(12)13)9-5(11)3-6(9)14-4;/h1,6-7,10H,2-3H2,(H,12,13);/q;+1/p-1. The Morgan fingerprint density at radius 1 is 1.73 bits per heavy atom. The van der Waals surface area contributed by atoms with Crippen molar-refractivity contribution in [3.63, 3.8) is 0 Å². The number of β-lactam (4-membered cyclic amide) rings is 1. The summed E-state index contributed by atoms with van der Waals surface area (Å²) < 4.78 is 5.13. The molecule has 0 spiro atoms. The molecule has 2 aliphatic rings. The molecule has 2 heterocycles. The Hall–Kier alpha value is 0.0764. The van der Waals surface area contributed by atoms with Gasteiger partial charge in [0.15, 0.2) is 6.23 Å². The summed E-state index contributed by atoms with van der Waals surface area (Å²) in [6.45, 7) is -0.326. The van der Waals surface area contributed by atoms with Crippen LogP contribution in [0, 0.1) is 0 Å². The van der Waals surface area contributed by atoms with E-state index in [0.717, 1.165) is 4.90 Å². The predicted octanol–water partition coefficient (Wildman–Crippen LogP) is -5.43. The molecular weight excluding hydrogens is 229 g/mol. The SMILES string of the molecule is O=C([O-])C1C(=CCO)OC2CC(=O)N21.[K+]. The molecule has 0 aromatic rings. The number of nitrogens with zero attached hydrogens (tertiary/aromatic N) is 1. The molecule has 0 bridgehead atoms. The average Bonchev–Trinajstić information content (AvgIpc) is 2.39. The number of ether oxygens (including phenoxy) is 1. The predicted molar refractivity (Wildman–Crippen MR) is 40.3 cm³/mol. The molecule has 2 fully saturated rings. The number of carboxylic acids is 1. The molecule has 0 radical (unpaired) electrons. The molecule has 15 heavy (non-hydrogen) atoms. The van der Waals surface area contributed by atoms with Crippen molar-refractivity contribution in [2.24, 2.45) is 0 Å². The minimum atomic E-state index is -1.39. The van der Waals surface area contributed by atoms with Gasteiger partial charge in [0.1, 0.15) is 11.8 Å². The molecule has 2 rings (SSSR count). The Morgan fingerprint density at radius 3 is 2.87 bits per heavy atom. The molecule has 2 saturated heterocycles. The molecule has 0 aromatic carbocycles. The second kappa shape index (κ2) is 4.94. The third-order valence-electron chi connectivity index (χ3n) is 2.28. The van der Waals surface area contributed by atoms with E-state index in [9.17, 15) is 14.7 Å². The Morgan fingerprint density at radius 2 is 2.40 bits per heavy atom. The van der Waals surface area contributed by atoms with Gasteiger partial charge in [-0.05, 0) is 6.08 Å². The zero-order valence-corrected chi connectivity index (χ0v) is 11.3. The summed E-state index contributed by atoms with van der Waals surface area (Å²) in [5.74, 6) is -1.57. The first-order chi connectivity index (χ1) is 6.65. The summed E-state index contributed by atoms with van der Waals surface area (Å²) in [6.07, 6.45) is 0.918. The zero-order valence-electron chi connectivity index (χ0n) is 8.17. The van der Waals surface area contributed by atoms with E-state index in [1.54, 1.807) is 0 Å². The van der Waals surface area contributed by atoms with Gasteiger partial charge in [0, 0.05) is 0 Å². The van der Waals surface area contributed by atoms with Crippen molar-refractivity contribution >= 4 is 11.9 Å². The molecule has 2 aliphatic heterocycles. The van der Waals surface area contributed by atoms with Crippen LogP contribution in [-0.2, 0) is 14.3 Å². The number of carbonyl (C=O) groups excluding carboxylic acids is 2. The van der Waals surface area contributed by atoms with E-state index in [1.165, 1.54) is 6.08 Å². The van der Waals surface area contributed by atoms with Crippen LogP contribution in [0.1, 0.15) is 6.42 Å². The van der Waals surface area contributed by atoms with Gasteiger partial charge in [-0.15, -0.1) is 0 Å². The fourth-order valence-electron chi connectivity index (χ4n) is 1.65. The van der Waals surface area contributed by atoms with Gasteiger partial charge in [-0.3, -0.25) is 9.69 Å². The molecule has 7 heteroatoms. The van der Waals surface area contributed by atoms with Crippen molar-refractivity contribution in [1.82, 2.24) is 4.90 Å². The van der Waals surface area contributed by atoms with E-state index in [-0.39, 0.29) is 76.1 Å². The van der Waals surface area contributed by atoms with Crippen molar-refractivity contribution < 1.29 is 75.9 Å². The Labute approximate surface area is 128 Å². The van der Waals surface area contributed by atoms with Crippen LogP contribution in [-0.4, -0.2) is 40.8 Å². The molecule has 6 nitrogen and oxygen atoms in total. The Balaban J connectivity index is 0.00000112. The van der Waals surface area contributed by atoms with Crippen LogP contribution in [0.15, 0.2) is 11.8 Å². The first kappa shape index (κ1) is 13.1. The van der Waals surface area contributed by atoms with Gasteiger partial charge in [0.2, 0.25) is 5.91 Å². The number of carbonyl (C=O) groups is 2. The number of carboxylic acid groups (broad SMARTS) is 1. The molecule has 2 unspecified atom stereocenters. The Kier molecular flexibility index (Phi) is 4.33. The van der Waals surface area contributed by atoms with Crippen LogP contribution in [0.4, 0.5) is 0 Å². The normalized spacial score (nSPS) is 30.3. The molecule has 2 atom stereocenters. The summed E-state index contributed by atoms with van der Waals surface area (Å²) in [7, 11) is 0. The summed E-state index contributed by atoms with van der Waals surface area (Å²) in [4.78, 5) is 22.9. The number of aliphatic hydroxyl groups is 1. The quantitative estimate of drug-likeness (QED) is 0.382. The third kappa shape index (κ3) is 2.13. The van der Waals surface area contributed by atoms with Gasteiger partial charge in [-0.25, -0.2) is 0 Å². The van der Waals surface area contributed by atoms with E-state index in [0.29, 0.717) is 0 Å². The molecule has 0 saturated carbocycles. The van der Waals surface area contributed by atoms with E-state index in [2.05, 4.69) is 0 Å². The number of hydrogen-bond acceptors (Lipinski definition) is 5. The van der Waals surface area contributed by atoms with Gasteiger partial charge in [0.25, 0.3) is 0 Å². The summed E-state index contributed by atoms with van der Waals surface area (Å²) in [6, 6.07) is -1.17. The monoisotopic (exact) mass is 237 g/mol. The number of hydrogen-bond donors (Lipinski definition) is 1. The topological polar surface area (TPSA) is 89.9 Å². The number of fused-ring (bicyclic) bond motifs is 1. The van der Waals surface area contributed by atoms with Crippen LogP contribution < -0.4 is 56.5 Å². The van der Waals surface area contributed by atoms with Crippen LogP contribution in [0.3, 0.4) is 0 Å². The summed E-state index contributed by atoms with van der Waals surface area (Å²) in [5.41, 5.74) is 0. The zero-order chi connectivity index (χ0) is 10.3. The summed E-state index contributed by atoms with van der Waals surface area (Å²) in [5, 5.41) is 19.3. The molecule has 0 aliphatic carbocycles. The molecule has 76 valence electrons. The molecule has 0 aromatic heterocycles. The number of rotatable bonds is 2. The van der Waals surface area contributed by atoms with Crippen molar-refractivity contribution in [1.29, 1.82) is 0 Å². The van der Waals surface area contributed by atoms with Gasteiger partial charge < -0.3 is 19.7 Å². The van der Waals surface area contributed by atoms with Crippen LogP contribution in [0.5, 0.6) is 0 Å². The first-order valence-electron chi connectivity index (χ1n) is 4.14. The van der Waals surface area contributed by atoms with Crippen molar-refractivity contribution in [3.05, 3.63) is 11.8 Å². The molecular formula is C8H8KNO5. The second-order valence-electron chi connectivity index (χ2n) is 3.09. The van der Waals surface area contributed by atoms with Crippen molar-refractivity contribution in [3.8, 4) is 0 Å². The number of aliphatic carboxylic acids is 1. The number of aliphatic hydroxyl groups excluding tert-OH is 1. The van der Waals surface area contributed by atoms with Crippen LogP contribution >= 0.6 is 0 Å². The van der Waals surface area contributed by atoms with E-state index < -0.39 is 18.2 Å². The van der Waals surface area contributed by atoms with Crippen molar-refractivity contribution in [2.75, 3.05) is 6.61 Å². The van der Waals surface area contributed by atoms with Crippen LogP contribution in [0.25, 0.3) is 0 Å². The maximum Gasteiger partial charge on any atom is 1.00 e. The first-order valence-corrected chi connectivity index (χ1v) is 4.14. The van der Waals surface area contributed by atoms with Crippen molar-refractivity contribution in [2.45, 2.75) is 18.7 Å². The average molecular weight is 237 g/mol. The van der Waals surface area contributed by atoms with Gasteiger partial charge >= 0.3 is 51.4 Å². The summed E-state index contributed by atoms with van der Waals surface area (Å²) >= 11 is 0. The van der Waals surface area contributed by atoms with Gasteiger partial charge in [-0.2, -0.15) is 0 Å². The van der Waals surface area contributed by atoms with Crippen LogP contribution in [0.2, 0.25) is 0 Å². The molecule has 1 amide bonds. The maximum atomic E-state index is 11.0. The largest absolute Gasteiger partial charge is 1.00 e. The van der Waals surface area contributed by atoms with Gasteiger partial charge in [0.05, 0.1) is 19.0 Å². The van der Waals surface area contributed by atoms with Gasteiger partial charge in [-0.1, -0.05) is 0 Å². The fraction of sp³-hybridized carbons (Fsp3) is 0.500.